The first kappa shape index (κ1) is 13.3. The summed E-state index contributed by atoms with van der Waals surface area (Å²) in [6.45, 7) is 2.06. The van der Waals surface area contributed by atoms with Crippen LogP contribution in [0.25, 0.3) is 0 Å². The molecule has 0 aromatic rings. The van der Waals surface area contributed by atoms with Crippen LogP contribution < -0.4 is 5.32 Å². The van der Waals surface area contributed by atoms with Crippen LogP contribution in [0.4, 0.5) is 0 Å². The molecular weight excluding hydrogens is 206 g/mol. The smallest absolute Gasteiger partial charge is 0.0462 e. The van der Waals surface area contributed by atoms with Crippen LogP contribution >= 0.6 is 11.8 Å². The first-order valence-corrected chi connectivity index (χ1v) is 7.42. The van der Waals surface area contributed by atoms with E-state index in [1.54, 1.807) is 7.11 Å². The third kappa shape index (κ3) is 5.23. The maximum Gasteiger partial charge on any atom is 0.0462 e. The van der Waals surface area contributed by atoms with Crippen molar-refractivity contribution < 1.29 is 4.74 Å². The van der Waals surface area contributed by atoms with Crippen LogP contribution in [0.1, 0.15) is 38.5 Å². The Morgan fingerprint density at radius 2 is 2.07 bits per heavy atom. The quantitative estimate of drug-likeness (QED) is 0.681. The molecule has 0 saturated heterocycles. The second-order valence-electron chi connectivity index (χ2n) is 4.32. The molecular formula is C12H25NOS. The van der Waals surface area contributed by atoms with Gasteiger partial charge in [-0.15, -0.1) is 0 Å². The van der Waals surface area contributed by atoms with Gasteiger partial charge in [-0.2, -0.15) is 11.8 Å². The molecule has 1 fully saturated rings. The molecule has 1 N–H and O–H groups in total. The average Bonchev–Trinajstić information content (AvgIpc) is 2.29. The van der Waals surface area contributed by atoms with Crippen molar-refractivity contribution in [3.63, 3.8) is 0 Å². The van der Waals surface area contributed by atoms with Crippen molar-refractivity contribution in [2.45, 2.75) is 49.8 Å². The predicted molar refractivity (Wildman–Crippen MR) is 68.7 cm³/mol. The van der Waals surface area contributed by atoms with Gasteiger partial charge in [0.25, 0.3) is 0 Å². The fourth-order valence-electron chi connectivity index (χ4n) is 2.27. The third-order valence-electron chi connectivity index (χ3n) is 3.19. The molecule has 1 aliphatic carbocycles. The van der Waals surface area contributed by atoms with E-state index in [2.05, 4.69) is 11.6 Å². The number of rotatable bonds is 7. The highest BCUT2D eigenvalue weighted by molar-refractivity contribution is 7.99. The van der Waals surface area contributed by atoms with E-state index >= 15 is 0 Å². The monoisotopic (exact) mass is 231 g/mol. The lowest BCUT2D eigenvalue weighted by Crippen LogP contribution is -2.40. The minimum Gasteiger partial charge on any atom is -0.385 e. The van der Waals surface area contributed by atoms with Gasteiger partial charge < -0.3 is 10.1 Å². The van der Waals surface area contributed by atoms with Gasteiger partial charge in [-0.25, -0.2) is 0 Å². The summed E-state index contributed by atoms with van der Waals surface area (Å²) >= 11 is 2.03. The molecule has 1 rings (SSSR count). The second-order valence-corrected chi connectivity index (χ2v) is 5.40. The van der Waals surface area contributed by atoms with Gasteiger partial charge in [0.1, 0.15) is 0 Å². The van der Waals surface area contributed by atoms with E-state index in [0.29, 0.717) is 0 Å². The van der Waals surface area contributed by atoms with Crippen LogP contribution in [0.5, 0.6) is 0 Å². The van der Waals surface area contributed by atoms with E-state index in [0.717, 1.165) is 24.4 Å². The van der Waals surface area contributed by atoms with E-state index in [1.165, 1.54) is 38.5 Å². The van der Waals surface area contributed by atoms with Crippen molar-refractivity contribution in [2.75, 3.05) is 26.5 Å². The molecule has 2 nitrogen and oxygen atoms in total. The van der Waals surface area contributed by atoms with Gasteiger partial charge in [0, 0.05) is 25.0 Å². The van der Waals surface area contributed by atoms with Crippen molar-refractivity contribution >= 4 is 11.8 Å². The Kier molecular flexibility index (Phi) is 7.49. The van der Waals surface area contributed by atoms with Crippen molar-refractivity contribution in [3.05, 3.63) is 0 Å². The third-order valence-corrected chi connectivity index (χ3v) is 4.36. The summed E-state index contributed by atoms with van der Waals surface area (Å²) in [4.78, 5) is 0. The van der Waals surface area contributed by atoms with Crippen LogP contribution in [0.15, 0.2) is 0 Å². The van der Waals surface area contributed by atoms with Crippen molar-refractivity contribution in [3.8, 4) is 0 Å². The fourth-order valence-corrected chi connectivity index (χ4v) is 3.23. The van der Waals surface area contributed by atoms with Crippen LogP contribution in [0.2, 0.25) is 0 Å². The first-order valence-electron chi connectivity index (χ1n) is 6.13. The van der Waals surface area contributed by atoms with Gasteiger partial charge >= 0.3 is 0 Å². The number of methoxy groups -OCH3 is 1. The van der Waals surface area contributed by atoms with Gasteiger partial charge in [0.05, 0.1) is 0 Å². The summed E-state index contributed by atoms with van der Waals surface area (Å²) in [6, 6.07) is 0.760. The standard InChI is InChI=1S/C12H25NOS/c1-14-10-6-5-9-13-11-7-3-4-8-12(11)15-2/h11-13H,3-10H2,1-2H3. The number of hydrogen-bond acceptors (Lipinski definition) is 3. The van der Waals surface area contributed by atoms with Gasteiger partial charge in [0.15, 0.2) is 0 Å². The lowest BCUT2D eigenvalue weighted by Gasteiger charge is -2.31. The second kappa shape index (κ2) is 8.43. The fraction of sp³-hybridized carbons (Fsp3) is 1.00. The Labute approximate surface area is 98.5 Å². The molecule has 1 saturated carbocycles. The normalized spacial score (nSPS) is 26.8. The molecule has 15 heavy (non-hydrogen) atoms. The molecule has 0 aromatic heterocycles. The lowest BCUT2D eigenvalue weighted by molar-refractivity contribution is 0.192. The molecule has 2 unspecified atom stereocenters. The summed E-state index contributed by atoms with van der Waals surface area (Å²) in [7, 11) is 1.78. The zero-order valence-corrected chi connectivity index (χ0v) is 10.9. The van der Waals surface area contributed by atoms with Gasteiger partial charge in [0.2, 0.25) is 0 Å². The maximum absolute atomic E-state index is 5.04. The Hall–Kier alpha value is 0.270. The van der Waals surface area contributed by atoms with Crippen LogP contribution in [-0.4, -0.2) is 37.8 Å². The molecule has 0 aliphatic heterocycles. The highest BCUT2D eigenvalue weighted by atomic mass is 32.2. The summed E-state index contributed by atoms with van der Waals surface area (Å²) in [6.07, 6.45) is 10.3. The summed E-state index contributed by atoms with van der Waals surface area (Å²) in [5.74, 6) is 0. The number of unbranched alkanes of at least 4 members (excludes halogenated alkanes) is 1. The van der Waals surface area contributed by atoms with Gasteiger partial charge in [-0.1, -0.05) is 12.8 Å². The molecule has 0 heterocycles. The molecule has 0 amide bonds. The van der Waals surface area contributed by atoms with Crippen LogP contribution in [0.3, 0.4) is 0 Å². The predicted octanol–water partition coefficient (Wildman–Crippen LogP) is 2.68. The van der Waals surface area contributed by atoms with Crippen molar-refractivity contribution in [1.29, 1.82) is 0 Å². The average molecular weight is 231 g/mol. The van der Waals surface area contributed by atoms with E-state index in [4.69, 9.17) is 4.74 Å². The molecule has 3 heteroatoms. The highest BCUT2D eigenvalue weighted by Gasteiger charge is 2.23. The van der Waals surface area contributed by atoms with Gasteiger partial charge in [-0.3, -0.25) is 0 Å². The van der Waals surface area contributed by atoms with Crippen LogP contribution in [-0.2, 0) is 4.74 Å². The topological polar surface area (TPSA) is 21.3 Å². The van der Waals surface area contributed by atoms with Crippen molar-refractivity contribution in [2.24, 2.45) is 0 Å². The summed E-state index contributed by atoms with van der Waals surface area (Å²) in [5, 5.41) is 4.55. The Morgan fingerprint density at radius 1 is 1.27 bits per heavy atom. The van der Waals surface area contributed by atoms with E-state index in [-0.39, 0.29) is 0 Å². The van der Waals surface area contributed by atoms with E-state index < -0.39 is 0 Å². The number of thioether (sulfide) groups is 1. The summed E-state index contributed by atoms with van der Waals surface area (Å²) in [5.41, 5.74) is 0. The minimum atomic E-state index is 0.760. The molecule has 2 atom stereocenters. The van der Waals surface area contributed by atoms with Crippen LogP contribution in [0, 0.1) is 0 Å². The number of nitrogens with one attached hydrogen (secondary N) is 1. The molecule has 0 bridgehead atoms. The molecule has 0 spiro atoms. The molecule has 1 aliphatic rings. The Balaban J connectivity index is 2.07. The molecule has 0 radical (unpaired) electrons. The lowest BCUT2D eigenvalue weighted by atomic mass is 9.95. The van der Waals surface area contributed by atoms with E-state index in [1.807, 2.05) is 11.8 Å². The minimum absolute atomic E-state index is 0.760. The Morgan fingerprint density at radius 3 is 2.80 bits per heavy atom. The summed E-state index contributed by atoms with van der Waals surface area (Å²) < 4.78 is 5.04. The highest BCUT2D eigenvalue weighted by Crippen LogP contribution is 2.26. The molecule has 90 valence electrons. The Bertz CT molecular complexity index is 155. The molecule has 0 aromatic carbocycles. The number of ether oxygens (including phenoxy) is 1. The van der Waals surface area contributed by atoms with Gasteiger partial charge in [-0.05, 0) is 38.5 Å². The first-order chi connectivity index (χ1) is 7.38. The number of hydrogen-bond donors (Lipinski definition) is 1. The van der Waals surface area contributed by atoms with Crippen molar-refractivity contribution in [1.82, 2.24) is 5.32 Å². The maximum atomic E-state index is 5.04. The van der Waals surface area contributed by atoms with E-state index in [9.17, 15) is 0 Å². The SMILES string of the molecule is COCCCCNC1CCCCC1SC. The zero-order valence-electron chi connectivity index (χ0n) is 10.1. The zero-order chi connectivity index (χ0) is 10.9. The largest absolute Gasteiger partial charge is 0.385 e.